The van der Waals surface area contributed by atoms with Gasteiger partial charge in [0.25, 0.3) is 0 Å². The molecule has 0 heterocycles. The third-order valence-electron chi connectivity index (χ3n) is 1.26. The van der Waals surface area contributed by atoms with Crippen molar-refractivity contribution in [1.29, 1.82) is 0 Å². The number of rotatable bonds is 8. The van der Waals surface area contributed by atoms with Gasteiger partial charge in [-0.3, -0.25) is 0 Å². The first-order chi connectivity index (χ1) is 6.31. The second-order valence-electron chi connectivity index (χ2n) is 2.49. The number of hydrogen-bond donors (Lipinski definition) is 1. The Morgan fingerprint density at radius 3 is 2.92 bits per heavy atom. The van der Waals surface area contributed by atoms with Crippen molar-refractivity contribution < 1.29 is 14.4 Å². The highest BCUT2D eigenvalue weighted by molar-refractivity contribution is 5.80. The summed E-state index contributed by atoms with van der Waals surface area (Å²) in [4.78, 5) is 15.0. The number of carbonyl (C=O) groups excluding carboxylic acids is 1. The van der Waals surface area contributed by atoms with Gasteiger partial charge in [-0.1, -0.05) is 13.5 Å². The molecule has 0 aromatic heterocycles. The van der Waals surface area contributed by atoms with Gasteiger partial charge in [-0.05, 0) is 12.8 Å². The first-order valence-corrected chi connectivity index (χ1v) is 4.45. The molecule has 13 heavy (non-hydrogen) atoms. The molecule has 0 radical (unpaired) electrons. The van der Waals surface area contributed by atoms with E-state index in [-0.39, 0.29) is 0 Å². The van der Waals surface area contributed by atoms with Gasteiger partial charge in [0.1, 0.15) is 0 Å². The van der Waals surface area contributed by atoms with Crippen LogP contribution in [0.2, 0.25) is 0 Å². The molecular formula is C9H17NO3. The topological polar surface area (TPSA) is 47.6 Å². The molecule has 0 aliphatic heterocycles. The van der Waals surface area contributed by atoms with Crippen molar-refractivity contribution in [3.05, 3.63) is 12.7 Å². The zero-order valence-electron chi connectivity index (χ0n) is 8.04. The molecule has 0 amide bonds. The molecule has 0 rings (SSSR count). The van der Waals surface area contributed by atoms with Crippen LogP contribution in [0.3, 0.4) is 0 Å². The SMILES string of the molecule is C=CC(=O)ONCCCOCCC. The van der Waals surface area contributed by atoms with Crippen molar-refractivity contribution in [2.24, 2.45) is 0 Å². The third-order valence-corrected chi connectivity index (χ3v) is 1.26. The fourth-order valence-electron chi connectivity index (χ4n) is 0.657. The van der Waals surface area contributed by atoms with Gasteiger partial charge in [0.2, 0.25) is 0 Å². The molecule has 0 fully saturated rings. The lowest BCUT2D eigenvalue weighted by Crippen LogP contribution is -2.20. The number of nitrogens with one attached hydrogen (secondary N) is 1. The maximum atomic E-state index is 10.5. The van der Waals surface area contributed by atoms with Crippen LogP contribution in [0.25, 0.3) is 0 Å². The Morgan fingerprint density at radius 1 is 1.54 bits per heavy atom. The second kappa shape index (κ2) is 9.22. The van der Waals surface area contributed by atoms with E-state index in [1.165, 1.54) is 0 Å². The van der Waals surface area contributed by atoms with Crippen LogP contribution < -0.4 is 5.48 Å². The molecule has 0 bridgehead atoms. The summed E-state index contributed by atoms with van der Waals surface area (Å²) in [6.45, 7) is 7.39. The second-order valence-corrected chi connectivity index (χ2v) is 2.49. The minimum atomic E-state index is -0.463. The first-order valence-electron chi connectivity index (χ1n) is 4.45. The van der Waals surface area contributed by atoms with Gasteiger partial charge in [0.05, 0.1) is 0 Å². The van der Waals surface area contributed by atoms with E-state index >= 15 is 0 Å². The Hall–Kier alpha value is -0.870. The average Bonchev–Trinajstić information content (AvgIpc) is 2.16. The Kier molecular flexibility index (Phi) is 8.60. The van der Waals surface area contributed by atoms with Crippen LogP contribution in [0.5, 0.6) is 0 Å². The average molecular weight is 187 g/mol. The zero-order chi connectivity index (χ0) is 9.94. The minimum Gasteiger partial charge on any atom is -0.381 e. The highest BCUT2D eigenvalue weighted by atomic mass is 16.7. The summed E-state index contributed by atoms with van der Waals surface area (Å²) in [6, 6.07) is 0. The lowest BCUT2D eigenvalue weighted by atomic mass is 10.4. The first kappa shape index (κ1) is 12.1. The zero-order valence-corrected chi connectivity index (χ0v) is 8.04. The fraction of sp³-hybridized carbons (Fsp3) is 0.667. The van der Waals surface area contributed by atoms with E-state index in [1.54, 1.807) is 0 Å². The predicted octanol–water partition coefficient (Wildman–Crippen LogP) is 1.04. The van der Waals surface area contributed by atoms with Crippen molar-refractivity contribution in [3.8, 4) is 0 Å². The molecule has 0 aliphatic carbocycles. The number of ether oxygens (including phenoxy) is 1. The monoisotopic (exact) mass is 187 g/mol. The molecule has 0 aliphatic rings. The van der Waals surface area contributed by atoms with E-state index in [2.05, 4.69) is 23.8 Å². The minimum absolute atomic E-state index is 0.463. The summed E-state index contributed by atoms with van der Waals surface area (Å²) in [6.07, 6.45) is 2.96. The molecule has 4 nitrogen and oxygen atoms in total. The molecule has 0 unspecified atom stereocenters. The Morgan fingerprint density at radius 2 is 2.31 bits per heavy atom. The Labute approximate surface area is 78.9 Å². The molecule has 0 saturated heterocycles. The molecule has 0 aromatic carbocycles. The van der Waals surface area contributed by atoms with Crippen molar-refractivity contribution in [1.82, 2.24) is 5.48 Å². The van der Waals surface area contributed by atoms with Gasteiger partial charge in [-0.15, -0.1) is 0 Å². The van der Waals surface area contributed by atoms with Crippen molar-refractivity contribution in [2.45, 2.75) is 19.8 Å². The molecule has 0 aromatic rings. The van der Waals surface area contributed by atoms with Crippen LogP contribution in [-0.4, -0.2) is 25.7 Å². The van der Waals surface area contributed by atoms with Crippen molar-refractivity contribution in [2.75, 3.05) is 19.8 Å². The highest BCUT2D eigenvalue weighted by Crippen LogP contribution is 1.84. The van der Waals surface area contributed by atoms with Gasteiger partial charge >= 0.3 is 5.97 Å². The summed E-state index contributed by atoms with van der Waals surface area (Å²) in [5.41, 5.74) is 2.51. The van der Waals surface area contributed by atoms with E-state index in [9.17, 15) is 4.79 Å². The van der Waals surface area contributed by atoms with E-state index in [4.69, 9.17) is 4.74 Å². The molecular weight excluding hydrogens is 170 g/mol. The fourth-order valence-corrected chi connectivity index (χ4v) is 0.657. The van der Waals surface area contributed by atoms with Crippen LogP contribution in [0.4, 0.5) is 0 Å². The van der Waals surface area contributed by atoms with Crippen molar-refractivity contribution in [3.63, 3.8) is 0 Å². The molecule has 4 heteroatoms. The number of hydroxylamine groups is 1. The van der Waals surface area contributed by atoms with Crippen LogP contribution in [-0.2, 0) is 14.4 Å². The third kappa shape index (κ3) is 9.04. The molecule has 1 N–H and O–H groups in total. The van der Waals surface area contributed by atoms with E-state index in [1.807, 2.05) is 0 Å². The van der Waals surface area contributed by atoms with Gasteiger partial charge < -0.3 is 9.57 Å². The normalized spacial score (nSPS) is 9.62. The molecule has 0 saturated carbocycles. The number of hydrogen-bond acceptors (Lipinski definition) is 4. The molecule has 76 valence electrons. The Bertz CT molecular complexity index is 148. The smallest absolute Gasteiger partial charge is 0.348 e. The summed E-state index contributed by atoms with van der Waals surface area (Å²) in [5.74, 6) is -0.463. The van der Waals surface area contributed by atoms with Gasteiger partial charge in [-0.2, -0.15) is 5.48 Å². The highest BCUT2D eigenvalue weighted by Gasteiger charge is 1.93. The van der Waals surface area contributed by atoms with Crippen LogP contribution >= 0.6 is 0 Å². The maximum Gasteiger partial charge on any atom is 0.348 e. The van der Waals surface area contributed by atoms with Crippen LogP contribution in [0.15, 0.2) is 12.7 Å². The maximum absolute atomic E-state index is 10.5. The van der Waals surface area contributed by atoms with Gasteiger partial charge in [0.15, 0.2) is 0 Å². The summed E-state index contributed by atoms with van der Waals surface area (Å²) < 4.78 is 5.22. The summed E-state index contributed by atoms with van der Waals surface area (Å²) in [5, 5.41) is 0. The molecule has 0 atom stereocenters. The lowest BCUT2D eigenvalue weighted by molar-refractivity contribution is -0.145. The van der Waals surface area contributed by atoms with E-state index in [0.29, 0.717) is 13.2 Å². The van der Waals surface area contributed by atoms with Gasteiger partial charge in [0, 0.05) is 25.8 Å². The summed E-state index contributed by atoms with van der Waals surface area (Å²) >= 11 is 0. The van der Waals surface area contributed by atoms with Crippen molar-refractivity contribution >= 4 is 5.97 Å². The largest absolute Gasteiger partial charge is 0.381 e. The van der Waals surface area contributed by atoms with Crippen LogP contribution in [0, 0.1) is 0 Å². The van der Waals surface area contributed by atoms with Gasteiger partial charge in [-0.25, -0.2) is 4.79 Å². The quantitative estimate of drug-likeness (QED) is 0.350. The van der Waals surface area contributed by atoms with E-state index < -0.39 is 5.97 Å². The Balaban J connectivity index is 2.99. The molecule has 0 spiro atoms. The predicted molar refractivity (Wildman–Crippen MR) is 50.0 cm³/mol. The van der Waals surface area contributed by atoms with E-state index in [0.717, 1.165) is 25.5 Å². The lowest BCUT2D eigenvalue weighted by Gasteiger charge is -2.03. The summed E-state index contributed by atoms with van der Waals surface area (Å²) in [7, 11) is 0. The van der Waals surface area contributed by atoms with Crippen LogP contribution in [0.1, 0.15) is 19.8 Å². The number of carbonyl (C=O) groups is 1. The standard InChI is InChI=1S/C9H17NO3/c1-3-7-12-8-5-6-10-13-9(11)4-2/h4,10H,2-3,5-8H2,1H3.